The Hall–Kier alpha value is -0.540. The van der Waals surface area contributed by atoms with Crippen molar-refractivity contribution in [3.05, 3.63) is 18.2 Å². The molecule has 0 aromatic heterocycles. The summed E-state index contributed by atoms with van der Waals surface area (Å²) in [6.07, 6.45) is 2.24. The molecule has 1 aliphatic heterocycles. The molecule has 0 spiro atoms. The van der Waals surface area contributed by atoms with Crippen LogP contribution < -0.4 is 9.47 Å². The molecule has 16 heavy (non-hydrogen) atoms. The van der Waals surface area contributed by atoms with Gasteiger partial charge >= 0.3 is 0 Å². The van der Waals surface area contributed by atoms with E-state index in [1.165, 1.54) is 4.90 Å². The van der Waals surface area contributed by atoms with E-state index in [0.717, 1.165) is 36.0 Å². The van der Waals surface area contributed by atoms with Crippen molar-refractivity contribution in [3.63, 3.8) is 0 Å². The second kappa shape index (κ2) is 6.26. The maximum Gasteiger partial charge on any atom is 0.162 e. The molecule has 1 heterocycles. The Bertz CT molecular complexity index is 344. The maximum atomic E-state index is 5.63. The van der Waals surface area contributed by atoms with Crippen molar-refractivity contribution in [1.82, 2.24) is 0 Å². The van der Waals surface area contributed by atoms with Crippen molar-refractivity contribution in [3.8, 4) is 11.5 Å². The minimum Gasteiger partial charge on any atom is -0.486 e. The van der Waals surface area contributed by atoms with Crippen LogP contribution in [-0.4, -0.2) is 24.8 Å². The fraction of sp³-hybridized carbons (Fsp3) is 0.500. The summed E-state index contributed by atoms with van der Waals surface area (Å²) in [5.41, 5.74) is 0. The standard InChI is InChI=1S/C12H15ClO2S/c13-5-1-2-8-16-10-3-4-11-12(9-10)15-7-6-14-11/h3-4,9H,1-2,5-8H2. The van der Waals surface area contributed by atoms with E-state index >= 15 is 0 Å². The van der Waals surface area contributed by atoms with Crippen molar-refractivity contribution in [2.24, 2.45) is 0 Å². The summed E-state index contributed by atoms with van der Waals surface area (Å²) in [4.78, 5) is 1.24. The lowest BCUT2D eigenvalue weighted by Gasteiger charge is -2.18. The molecule has 0 aliphatic carbocycles. The first-order valence-corrected chi connectivity index (χ1v) is 7.00. The lowest BCUT2D eigenvalue weighted by atomic mass is 10.3. The van der Waals surface area contributed by atoms with Gasteiger partial charge in [0, 0.05) is 10.8 Å². The van der Waals surface area contributed by atoms with Gasteiger partial charge in [0.2, 0.25) is 0 Å². The molecule has 1 aromatic rings. The first-order chi connectivity index (χ1) is 7.90. The summed E-state index contributed by atoms with van der Waals surface area (Å²) >= 11 is 7.47. The molecule has 0 saturated carbocycles. The van der Waals surface area contributed by atoms with Gasteiger partial charge in [0.1, 0.15) is 13.2 Å². The molecule has 88 valence electrons. The van der Waals surface area contributed by atoms with Gasteiger partial charge in [0.15, 0.2) is 11.5 Å². The van der Waals surface area contributed by atoms with Crippen LogP contribution in [0.2, 0.25) is 0 Å². The van der Waals surface area contributed by atoms with Crippen LogP contribution in [0, 0.1) is 0 Å². The Morgan fingerprint density at radius 2 is 1.94 bits per heavy atom. The normalized spacial score (nSPS) is 13.8. The van der Waals surface area contributed by atoms with E-state index < -0.39 is 0 Å². The van der Waals surface area contributed by atoms with E-state index in [4.69, 9.17) is 21.1 Å². The fourth-order valence-corrected chi connectivity index (χ4v) is 2.63. The Balaban J connectivity index is 1.90. The molecule has 1 aromatic carbocycles. The second-order valence-electron chi connectivity index (χ2n) is 3.55. The Morgan fingerprint density at radius 1 is 1.12 bits per heavy atom. The van der Waals surface area contributed by atoms with E-state index in [1.807, 2.05) is 17.8 Å². The van der Waals surface area contributed by atoms with Crippen LogP contribution in [0.15, 0.2) is 23.1 Å². The van der Waals surface area contributed by atoms with Crippen LogP contribution in [0.3, 0.4) is 0 Å². The predicted octanol–water partition coefficient (Wildman–Crippen LogP) is 3.57. The third-order valence-electron chi connectivity index (χ3n) is 2.31. The monoisotopic (exact) mass is 258 g/mol. The molecule has 0 atom stereocenters. The highest BCUT2D eigenvalue weighted by molar-refractivity contribution is 7.99. The van der Waals surface area contributed by atoms with Crippen molar-refractivity contribution in [2.75, 3.05) is 24.8 Å². The first-order valence-electron chi connectivity index (χ1n) is 5.48. The predicted molar refractivity (Wildman–Crippen MR) is 68.1 cm³/mol. The molecule has 4 heteroatoms. The largest absolute Gasteiger partial charge is 0.486 e. The van der Waals surface area contributed by atoms with E-state index in [2.05, 4.69) is 12.1 Å². The summed E-state index contributed by atoms with van der Waals surface area (Å²) in [7, 11) is 0. The molecule has 0 amide bonds. The van der Waals surface area contributed by atoms with Gasteiger partial charge in [-0.2, -0.15) is 0 Å². The summed E-state index contributed by atoms with van der Waals surface area (Å²) < 4.78 is 11.0. The van der Waals surface area contributed by atoms with Crippen molar-refractivity contribution in [2.45, 2.75) is 17.7 Å². The zero-order chi connectivity index (χ0) is 11.2. The topological polar surface area (TPSA) is 18.5 Å². The number of hydrogen-bond donors (Lipinski definition) is 0. The summed E-state index contributed by atoms with van der Waals surface area (Å²) in [6, 6.07) is 6.12. The number of benzene rings is 1. The smallest absolute Gasteiger partial charge is 0.162 e. The van der Waals surface area contributed by atoms with Crippen molar-refractivity contribution in [1.29, 1.82) is 0 Å². The van der Waals surface area contributed by atoms with Gasteiger partial charge in [-0.25, -0.2) is 0 Å². The lowest BCUT2D eigenvalue weighted by molar-refractivity contribution is 0.171. The molecular formula is C12H15ClO2S. The summed E-state index contributed by atoms with van der Waals surface area (Å²) in [5, 5.41) is 0. The number of thioether (sulfide) groups is 1. The molecule has 0 radical (unpaired) electrons. The number of ether oxygens (including phenoxy) is 2. The van der Waals surface area contributed by atoms with Crippen LogP contribution in [-0.2, 0) is 0 Å². The van der Waals surface area contributed by atoms with Gasteiger partial charge in [0.25, 0.3) is 0 Å². The third-order valence-corrected chi connectivity index (χ3v) is 3.66. The van der Waals surface area contributed by atoms with Gasteiger partial charge in [-0.15, -0.1) is 23.4 Å². The SMILES string of the molecule is ClCCCCSc1ccc2c(c1)OCCO2. The van der Waals surface area contributed by atoms with E-state index in [0.29, 0.717) is 13.2 Å². The molecule has 0 saturated heterocycles. The minimum absolute atomic E-state index is 0.646. The number of unbranched alkanes of at least 4 members (excludes halogenated alkanes) is 1. The van der Waals surface area contributed by atoms with Crippen LogP contribution in [0.4, 0.5) is 0 Å². The first kappa shape index (κ1) is 11.9. The van der Waals surface area contributed by atoms with Gasteiger partial charge in [-0.1, -0.05) is 0 Å². The number of rotatable bonds is 5. The highest BCUT2D eigenvalue weighted by Crippen LogP contribution is 2.34. The second-order valence-corrected chi connectivity index (χ2v) is 5.10. The zero-order valence-corrected chi connectivity index (χ0v) is 10.6. The number of hydrogen-bond acceptors (Lipinski definition) is 3. The quantitative estimate of drug-likeness (QED) is 0.457. The van der Waals surface area contributed by atoms with Crippen LogP contribution in [0.1, 0.15) is 12.8 Å². The molecule has 1 aliphatic rings. The highest BCUT2D eigenvalue weighted by atomic mass is 35.5. The Morgan fingerprint density at radius 3 is 2.75 bits per heavy atom. The third kappa shape index (κ3) is 3.22. The number of halogens is 1. The van der Waals surface area contributed by atoms with Gasteiger partial charge in [0.05, 0.1) is 0 Å². The van der Waals surface area contributed by atoms with Crippen LogP contribution >= 0.6 is 23.4 Å². The summed E-state index contributed by atoms with van der Waals surface area (Å²) in [6.45, 7) is 1.29. The lowest BCUT2D eigenvalue weighted by Crippen LogP contribution is -2.15. The molecule has 0 N–H and O–H groups in total. The minimum atomic E-state index is 0.646. The van der Waals surface area contributed by atoms with Gasteiger partial charge in [-0.3, -0.25) is 0 Å². The maximum absolute atomic E-state index is 5.63. The van der Waals surface area contributed by atoms with Crippen LogP contribution in [0.25, 0.3) is 0 Å². The molecule has 0 fully saturated rings. The highest BCUT2D eigenvalue weighted by Gasteiger charge is 2.11. The van der Waals surface area contributed by atoms with Gasteiger partial charge in [-0.05, 0) is 36.8 Å². The number of alkyl halides is 1. The van der Waals surface area contributed by atoms with Crippen LogP contribution in [0.5, 0.6) is 11.5 Å². The molecule has 2 rings (SSSR count). The number of fused-ring (bicyclic) bond motifs is 1. The van der Waals surface area contributed by atoms with Crippen molar-refractivity contribution >= 4 is 23.4 Å². The van der Waals surface area contributed by atoms with E-state index in [1.54, 1.807) is 0 Å². The fourth-order valence-electron chi connectivity index (χ4n) is 1.50. The molecule has 2 nitrogen and oxygen atoms in total. The average molecular weight is 259 g/mol. The average Bonchev–Trinajstić information content (AvgIpc) is 2.34. The molecule has 0 unspecified atom stereocenters. The van der Waals surface area contributed by atoms with E-state index in [-0.39, 0.29) is 0 Å². The summed E-state index contributed by atoms with van der Waals surface area (Å²) in [5.74, 6) is 3.58. The van der Waals surface area contributed by atoms with E-state index in [9.17, 15) is 0 Å². The zero-order valence-electron chi connectivity index (χ0n) is 9.08. The van der Waals surface area contributed by atoms with Crippen molar-refractivity contribution < 1.29 is 9.47 Å². The Labute approximate surface area is 105 Å². The molecular weight excluding hydrogens is 244 g/mol. The Kier molecular flexibility index (Phi) is 4.67. The molecule has 0 bridgehead atoms. The van der Waals surface area contributed by atoms with Gasteiger partial charge < -0.3 is 9.47 Å².